The van der Waals surface area contributed by atoms with Gasteiger partial charge < -0.3 is 33.7 Å². The number of hydrogen-bond acceptors (Lipinski definition) is 8. The first kappa shape index (κ1) is 29.0. The SMILES string of the molecule is COc1cc(C(=O)N2CC3CCC2[C@@H]3N)cc2nc(-c3cc4ccc(-c5ccc(OCc6ncco6)cc5)nc4n3CC3CC3)n(C)c12. The molecule has 11 heteroatoms. The largest absolute Gasteiger partial charge is 0.494 e. The quantitative estimate of drug-likeness (QED) is 0.209. The van der Waals surface area contributed by atoms with E-state index in [-0.39, 0.29) is 24.6 Å². The number of carbonyl (C=O) groups excluding carboxylic acids is 1. The second-order valence-corrected chi connectivity index (χ2v) is 13.4. The van der Waals surface area contributed by atoms with Crippen molar-refractivity contribution in [1.82, 2.24) is 29.0 Å². The summed E-state index contributed by atoms with van der Waals surface area (Å²) >= 11 is 0. The number of nitrogens with two attached hydrogens (primary N) is 1. The molecule has 3 fully saturated rings. The van der Waals surface area contributed by atoms with Crippen LogP contribution in [0.3, 0.4) is 0 Å². The number of pyridine rings is 1. The first-order valence-corrected chi connectivity index (χ1v) is 16.7. The van der Waals surface area contributed by atoms with Gasteiger partial charge in [0.25, 0.3) is 5.91 Å². The van der Waals surface area contributed by atoms with Gasteiger partial charge in [-0.05, 0) is 92.1 Å². The van der Waals surface area contributed by atoms with Gasteiger partial charge in [-0.3, -0.25) is 4.79 Å². The topological polar surface area (TPSA) is 126 Å². The van der Waals surface area contributed by atoms with Crippen molar-refractivity contribution in [3.05, 3.63) is 78.5 Å². The molecule has 0 spiro atoms. The maximum Gasteiger partial charge on any atom is 0.254 e. The lowest BCUT2D eigenvalue weighted by Gasteiger charge is -2.27. The van der Waals surface area contributed by atoms with Crippen LogP contribution in [-0.4, -0.2) is 60.6 Å². The molecule has 2 aliphatic carbocycles. The van der Waals surface area contributed by atoms with Crippen LogP contribution in [0.2, 0.25) is 0 Å². The second-order valence-electron chi connectivity index (χ2n) is 13.4. The standard InChI is InChI=1S/C37H37N7O4/c1-42-34-28(15-25(17-31(34)46-2)37(45)44-19-24-8-12-29(44)33(24)38)41-36(42)30-16-23-7-11-27(40-35(23)43(30)18-21-3-4-21)22-5-9-26(10-6-22)48-20-32-39-13-14-47-32/h5-7,9-11,13-17,21,24,29,33H,3-4,8,12,18-20,38H2,1-2H3/t24?,29?,33-/m1/s1. The number of fused-ring (bicyclic) bond motifs is 4. The third-order valence-corrected chi connectivity index (χ3v) is 10.4. The van der Waals surface area contributed by atoms with E-state index in [0.29, 0.717) is 29.0 Å². The predicted octanol–water partition coefficient (Wildman–Crippen LogP) is 5.80. The summed E-state index contributed by atoms with van der Waals surface area (Å²) in [6.07, 6.45) is 7.62. The summed E-state index contributed by atoms with van der Waals surface area (Å²) in [6.45, 7) is 1.86. The molecule has 4 aromatic heterocycles. The number of hydrogen-bond donors (Lipinski definition) is 1. The normalized spacial score (nSPS) is 20.3. The van der Waals surface area contributed by atoms with Crippen molar-refractivity contribution in [2.24, 2.45) is 24.6 Å². The highest BCUT2D eigenvalue weighted by Gasteiger charge is 2.47. The number of benzene rings is 2. The summed E-state index contributed by atoms with van der Waals surface area (Å²) in [7, 11) is 3.66. The Balaban J connectivity index is 1.07. The number of aromatic nitrogens is 5. The van der Waals surface area contributed by atoms with E-state index >= 15 is 0 Å². The Morgan fingerprint density at radius 1 is 1.04 bits per heavy atom. The Bertz CT molecular complexity index is 2160. The van der Waals surface area contributed by atoms with Crippen LogP contribution < -0.4 is 15.2 Å². The third-order valence-electron chi connectivity index (χ3n) is 10.4. The van der Waals surface area contributed by atoms with Crippen LogP contribution >= 0.6 is 0 Å². The van der Waals surface area contributed by atoms with Gasteiger partial charge in [0, 0.05) is 48.7 Å². The third kappa shape index (κ3) is 4.83. The van der Waals surface area contributed by atoms with Gasteiger partial charge in [-0.15, -0.1) is 0 Å². The lowest BCUT2D eigenvalue weighted by Crippen LogP contribution is -2.41. The van der Waals surface area contributed by atoms with Crippen LogP contribution in [0.1, 0.15) is 41.9 Å². The highest BCUT2D eigenvalue weighted by Crippen LogP contribution is 2.40. The summed E-state index contributed by atoms with van der Waals surface area (Å²) in [6, 6.07) is 18.2. The van der Waals surface area contributed by atoms with E-state index in [1.807, 2.05) is 48.3 Å². The van der Waals surface area contributed by atoms with E-state index in [4.69, 9.17) is 29.6 Å². The number of methoxy groups -OCH3 is 1. The van der Waals surface area contributed by atoms with E-state index in [2.05, 4.69) is 32.3 Å². The van der Waals surface area contributed by atoms with Crippen molar-refractivity contribution in [2.75, 3.05) is 13.7 Å². The minimum Gasteiger partial charge on any atom is -0.494 e. The zero-order valence-corrected chi connectivity index (χ0v) is 27.0. The van der Waals surface area contributed by atoms with Crippen molar-refractivity contribution < 1.29 is 18.7 Å². The minimum absolute atomic E-state index is 0.00115. The Labute approximate surface area is 277 Å². The number of rotatable bonds is 9. The molecule has 1 aliphatic heterocycles. The van der Waals surface area contributed by atoms with Crippen LogP contribution in [0.15, 0.2) is 71.5 Å². The highest BCUT2D eigenvalue weighted by molar-refractivity contribution is 6.00. The van der Waals surface area contributed by atoms with Gasteiger partial charge in [-0.2, -0.15) is 0 Å². The van der Waals surface area contributed by atoms with Crippen LogP contribution in [0.5, 0.6) is 11.5 Å². The molecule has 2 saturated carbocycles. The number of likely N-dealkylation sites (tertiary alicyclic amines) is 1. The van der Waals surface area contributed by atoms with Crippen molar-refractivity contribution in [2.45, 2.75) is 50.9 Å². The molecule has 2 unspecified atom stereocenters. The van der Waals surface area contributed by atoms with Crippen molar-refractivity contribution in [3.8, 4) is 34.3 Å². The van der Waals surface area contributed by atoms with Crippen LogP contribution in [-0.2, 0) is 20.2 Å². The molecule has 5 heterocycles. The molecule has 2 N–H and O–H groups in total. The molecule has 3 atom stereocenters. The number of oxazole rings is 1. The molecule has 2 bridgehead atoms. The van der Waals surface area contributed by atoms with Crippen LogP contribution in [0.25, 0.3) is 44.8 Å². The molecule has 48 heavy (non-hydrogen) atoms. The highest BCUT2D eigenvalue weighted by atomic mass is 16.5. The number of piperidine rings is 1. The van der Waals surface area contributed by atoms with Crippen molar-refractivity contribution in [3.63, 3.8) is 0 Å². The molecule has 11 nitrogen and oxygen atoms in total. The van der Waals surface area contributed by atoms with Gasteiger partial charge >= 0.3 is 0 Å². The Morgan fingerprint density at radius 3 is 2.60 bits per heavy atom. The molecule has 3 aliphatic rings. The maximum absolute atomic E-state index is 13.8. The molecular weight excluding hydrogens is 606 g/mol. The van der Waals surface area contributed by atoms with E-state index in [0.717, 1.165) is 76.5 Å². The predicted molar refractivity (Wildman–Crippen MR) is 181 cm³/mol. The maximum atomic E-state index is 13.8. The number of ether oxygens (including phenoxy) is 2. The first-order valence-electron chi connectivity index (χ1n) is 16.7. The number of imidazole rings is 1. The Morgan fingerprint density at radius 2 is 1.90 bits per heavy atom. The average molecular weight is 644 g/mol. The molecular formula is C37H37N7O4. The van der Waals surface area contributed by atoms with Crippen molar-refractivity contribution >= 4 is 28.0 Å². The fraction of sp³-hybridized carbons (Fsp3) is 0.351. The Kier molecular flexibility index (Phi) is 6.79. The summed E-state index contributed by atoms with van der Waals surface area (Å²) in [4.78, 5) is 30.2. The lowest BCUT2D eigenvalue weighted by atomic mass is 10.1. The zero-order valence-electron chi connectivity index (χ0n) is 27.0. The molecule has 1 amide bonds. The molecule has 0 radical (unpaired) electrons. The van der Waals surface area contributed by atoms with Gasteiger partial charge in [-0.1, -0.05) is 0 Å². The molecule has 9 rings (SSSR count). The minimum atomic E-state index is -0.00115. The van der Waals surface area contributed by atoms with E-state index in [1.165, 1.54) is 19.1 Å². The number of aryl methyl sites for hydroxylation is 1. The molecule has 2 aromatic carbocycles. The van der Waals surface area contributed by atoms with E-state index in [1.54, 1.807) is 13.3 Å². The number of nitrogens with zero attached hydrogens (tertiary/aromatic N) is 6. The summed E-state index contributed by atoms with van der Waals surface area (Å²) in [5.74, 6) is 3.70. The average Bonchev–Trinajstić information content (AvgIpc) is 3.45. The van der Waals surface area contributed by atoms with Gasteiger partial charge in [0.15, 0.2) is 12.4 Å². The summed E-state index contributed by atoms with van der Waals surface area (Å²) in [5.41, 5.74) is 12.4. The lowest BCUT2D eigenvalue weighted by molar-refractivity contribution is 0.0700. The Hall–Kier alpha value is -5.16. The van der Waals surface area contributed by atoms with Crippen molar-refractivity contribution in [1.29, 1.82) is 0 Å². The molecule has 1 saturated heterocycles. The fourth-order valence-electron chi connectivity index (χ4n) is 7.67. The fourth-order valence-corrected chi connectivity index (χ4v) is 7.67. The molecule has 244 valence electrons. The van der Waals surface area contributed by atoms with Gasteiger partial charge in [0.1, 0.15) is 28.9 Å². The number of amides is 1. The number of carbonyl (C=O) groups is 1. The zero-order chi connectivity index (χ0) is 32.5. The monoisotopic (exact) mass is 643 g/mol. The van der Waals surface area contributed by atoms with E-state index in [9.17, 15) is 4.79 Å². The summed E-state index contributed by atoms with van der Waals surface area (Å²) in [5, 5.41) is 1.05. The van der Waals surface area contributed by atoms with Crippen LogP contribution in [0, 0.1) is 11.8 Å². The molecule has 6 aromatic rings. The van der Waals surface area contributed by atoms with Gasteiger partial charge in [-0.25, -0.2) is 15.0 Å². The first-order chi connectivity index (χ1) is 23.4. The van der Waals surface area contributed by atoms with E-state index < -0.39 is 0 Å². The van der Waals surface area contributed by atoms with Gasteiger partial charge in [0.2, 0.25) is 5.89 Å². The second kappa shape index (κ2) is 11.2. The van der Waals surface area contributed by atoms with Crippen LogP contribution in [0.4, 0.5) is 0 Å². The smallest absolute Gasteiger partial charge is 0.254 e. The van der Waals surface area contributed by atoms with Gasteiger partial charge in [0.05, 0.1) is 30.2 Å². The summed E-state index contributed by atoms with van der Waals surface area (Å²) < 4.78 is 21.4.